The zero-order valence-corrected chi connectivity index (χ0v) is 9.57. The highest BCUT2D eigenvalue weighted by Crippen LogP contribution is 2.28. The van der Waals surface area contributed by atoms with E-state index in [0.717, 1.165) is 18.2 Å². The average Bonchev–Trinajstić information content (AvgIpc) is 2.38. The van der Waals surface area contributed by atoms with Crippen LogP contribution in [0.4, 0.5) is 13.2 Å². The maximum absolute atomic E-state index is 12.4. The van der Waals surface area contributed by atoms with Crippen LogP contribution in [-0.2, 0) is 12.6 Å². The summed E-state index contributed by atoms with van der Waals surface area (Å²) in [5.41, 5.74) is 1.04. The molecule has 0 radical (unpaired) electrons. The summed E-state index contributed by atoms with van der Waals surface area (Å²) in [4.78, 5) is 11.4. The molecule has 0 aliphatic heterocycles. The Balaban J connectivity index is 2.34. The van der Waals surface area contributed by atoms with E-state index in [2.05, 4.69) is 15.0 Å². The number of rotatable bonds is 2. The molecule has 0 saturated heterocycles. The van der Waals surface area contributed by atoms with Crippen molar-refractivity contribution in [1.82, 2.24) is 15.0 Å². The number of nitrogens with zero attached hydrogens (tertiary/aromatic N) is 3. The molecule has 0 bridgehead atoms. The zero-order chi connectivity index (χ0) is 13.2. The number of aryl methyl sites for hydroxylation is 1. The maximum Gasteiger partial charge on any atom is 0.433 e. The topological polar surface area (TPSA) is 38.7 Å². The zero-order valence-electron chi connectivity index (χ0n) is 9.57. The Bertz CT molecular complexity index is 535. The van der Waals surface area contributed by atoms with Crippen LogP contribution >= 0.6 is 0 Å². The summed E-state index contributed by atoms with van der Waals surface area (Å²) >= 11 is 0. The van der Waals surface area contributed by atoms with Crippen molar-refractivity contribution in [3.8, 4) is 11.3 Å². The molecule has 94 valence electrons. The van der Waals surface area contributed by atoms with Crippen LogP contribution in [-0.4, -0.2) is 15.0 Å². The van der Waals surface area contributed by atoms with Gasteiger partial charge in [-0.1, -0.05) is 6.92 Å². The third-order valence-electron chi connectivity index (χ3n) is 2.44. The molecular formula is C12H10F3N3. The molecule has 2 aromatic heterocycles. The quantitative estimate of drug-likeness (QED) is 0.825. The van der Waals surface area contributed by atoms with Crippen LogP contribution in [0, 0.1) is 0 Å². The van der Waals surface area contributed by atoms with Gasteiger partial charge in [0.2, 0.25) is 0 Å². The Kier molecular flexibility index (Phi) is 3.27. The highest BCUT2D eigenvalue weighted by atomic mass is 19.4. The molecule has 2 heterocycles. The van der Waals surface area contributed by atoms with Gasteiger partial charge in [-0.2, -0.15) is 13.2 Å². The summed E-state index contributed by atoms with van der Waals surface area (Å²) in [5.74, 6) is 0. The van der Waals surface area contributed by atoms with Crippen molar-refractivity contribution in [2.75, 3.05) is 0 Å². The van der Waals surface area contributed by atoms with Crippen LogP contribution in [0.25, 0.3) is 11.3 Å². The van der Waals surface area contributed by atoms with Gasteiger partial charge in [0.05, 0.1) is 5.69 Å². The lowest BCUT2D eigenvalue weighted by Crippen LogP contribution is -2.07. The van der Waals surface area contributed by atoms with E-state index in [1.807, 2.05) is 6.92 Å². The van der Waals surface area contributed by atoms with Crippen molar-refractivity contribution in [3.05, 3.63) is 42.1 Å². The van der Waals surface area contributed by atoms with Crippen LogP contribution in [0.5, 0.6) is 0 Å². The number of pyridine rings is 1. The molecule has 0 aromatic carbocycles. The van der Waals surface area contributed by atoms with E-state index in [4.69, 9.17) is 0 Å². The standard InChI is InChI=1S/C12H10F3N3/c1-2-9-5-10(18-7-17-9)8-3-4-11(16-6-8)12(13,14)15/h3-7H,2H2,1H3. The molecular weight excluding hydrogens is 243 g/mol. The fourth-order valence-corrected chi connectivity index (χ4v) is 1.46. The Labute approximate surface area is 102 Å². The first-order chi connectivity index (χ1) is 8.50. The lowest BCUT2D eigenvalue weighted by molar-refractivity contribution is -0.141. The summed E-state index contributed by atoms with van der Waals surface area (Å²) in [6.07, 6.45) is -1.11. The maximum atomic E-state index is 12.4. The van der Waals surface area contributed by atoms with E-state index >= 15 is 0 Å². The van der Waals surface area contributed by atoms with E-state index in [-0.39, 0.29) is 0 Å². The molecule has 18 heavy (non-hydrogen) atoms. The smallest absolute Gasteiger partial charge is 0.251 e. The lowest BCUT2D eigenvalue weighted by Gasteiger charge is -2.06. The third kappa shape index (κ3) is 2.64. The van der Waals surface area contributed by atoms with Crippen molar-refractivity contribution in [2.24, 2.45) is 0 Å². The van der Waals surface area contributed by atoms with Crippen molar-refractivity contribution >= 4 is 0 Å². The number of halogens is 3. The molecule has 0 aliphatic carbocycles. The Morgan fingerprint density at radius 1 is 1.11 bits per heavy atom. The van der Waals surface area contributed by atoms with Crippen LogP contribution in [0.3, 0.4) is 0 Å². The Morgan fingerprint density at radius 3 is 2.44 bits per heavy atom. The molecule has 2 rings (SSSR count). The molecule has 3 nitrogen and oxygen atoms in total. The summed E-state index contributed by atoms with van der Waals surface area (Å²) < 4.78 is 37.1. The van der Waals surface area contributed by atoms with Gasteiger partial charge in [-0.05, 0) is 24.6 Å². The minimum atomic E-state index is -4.42. The molecule has 6 heteroatoms. The van der Waals surface area contributed by atoms with Gasteiger partial charge in [-0.25, -0.2) is 9.97 Å². The number of hydrogen-bond donors (Lipinski definition) is 0. The molecule has 0 saturated carbocycles. The van der Waals surface area contributed by atoms with Crippen molar-refractivity contribution < 1.29 is 13.2 Å². The van der Waals surface area contributed by atoms with Gasteiger partial charge in [0.15, 0.2) is 0 Å². The number of aromatic nitrogens is 3. The monoisotopic (exact) mass is 253 g/mol. The van der Waals surface area contributed by atoms with E-state index < -0.39 is 11.9 Å². The first-order valence-electron chi connectivity index (χ1n) is 5.35. The summed E-state index contributed by atoms with van der Waals surface area (Å²) in [6.45, 7) is 1.94. The van der Waals surface area contributed by atoms with Crippen molar-refractivity contribution in [1.29, 1.82) is 0 Å². The largest absolute Gasteiger partial charge is 0.433 e. The fourth-order valence-electron chi connectivity index (χ4n) is 1.46. The molecule has 0 atom stereocenters. The van der Waals surface area contributed by atoms with Crippen molar-refractivity contribution in [3.63, 3.8) is 0 Å². The van der Waals surface area contributed by atoms with Crippen LogP contribution in [0.15, 0.2) is 30.7 Å². The van der Waals surface area contributed by atoms with Gasteiger partial charge in [0.1, 0.15) is 12.0 Å². The number of hydrogen-bond acceptors (Lipinski definition) is 3. The minimum Gasteiger partial charge on any atom is -0.251 e. The lowest BCUT2D eigenvalue weighted by atomic mass is 10.1. The van der Waals surface area contributed by atoms with Gasteiger partial charge in [-0.15, -0.1) is 0 Å². The van der Waals surface area contributed by atoms with Crippen LogP contribution < -0.4 is 0 Å². The highest BCUT2D eigenvalue weighted by molar-refractivity contribution is 5.57. The second-order valence-electron chi connectivity index (χ2n) is 3.68. The van der Waals surface area contributed by atoms with Gasteiger partial charge >= 0.3 is 6.18 Å². The van der Waals surface area contributed by atoms with E-state index in [1.165, 1.54) is 18.6 Å². The second kappa shape index (κ2) is 4.72. The van der Waals surface area contributed by atoms with Gasteiger partial charge in [-0.3, -0.25) is 4.98 Å². The molecule has 0 N–H and O–H groups in total. The minimum absolute atomic E-state index is 0.542. The first kappa shape index (κ1) is 12.5. The van der Waals surface area contributed by atoms with Crippen LogP contribution in [0.1, 0.15) is 18.3 Å². The molecule has 0 unspecified atom stereocenters. The molecule has 2 aromatic rings. The molecule has 0 spiro atoms. The predicted molar refractivity (Wildman–Crippen MR) is 59.6 cm³/mol. The predicted octanol–water partition coefficient (Wildman–Crippen LogP) is 3.12. The Morgan fingerprint density at radius 2 is 1.89 bits per heavy atom. The van der Waals surface area contributed by atoms with E-state index in [9.17, 15) is 13.2 Å². The van der Waals surface area contributed by atoms with Gasteiger partial charge in [0, 0.05) is 17.5 Å². The summed E-state index contributed by atoms with van der Waals surface area (Å²) in [5, 5.41) is 0. The molecule has 0 amide bonds. The highest BCUT2D eigenvalue weighted by Gasteiger charge is 2.32. The summed E-state index contributed by atoms with van der Waals surface area (Å²) in [7, 11) is 0. The fraction of sp³-hybridized carbons (Fsp3) is 0.250. The normalized spacial score (nSPS) is 11.6. The van der Waals surface area contributed by atoms with E-state index in [1.54, 1.807) is 6.07 Å². The third-order valence-corrected chi connectivity index (χ3v) is 2.44. The van der Waals surface area contributed by atoms with Gasteiger partial charge < -0.3 is 0 Å². The molecule has 0 aliphatic rings. The van der Waals surface area contributed by atoms with Crippen LogP contribution in [0.2, 0.25) is 0 Å². The number of alkyl halides is 3. The van der Waals surface area contributed by atoms with E-state index in [0.29, 0.717) is 11.3 Å². The Hall–Kier alpha value is -1.98. The average molecular weight is 253 g/mol. The first-order valence-corrected chi connectivity index (χ1v) is 5.35. The SMILES string of the molecule is CCc1cc(-c2ccc(C(F)(F)F)nc2)ncn1. The van der Waals surface area contributed by atoms with Crippen molar-refractivity contribution in [2.45, 2.75) is 19.5 Å². The molecule has 0 fully saturated rings. The summed E-state index contributed by atoms with van der Waals surface area (Å²) in [6, 6.07) is 4.05. The van der Waals surface area contributed by atoms with Gasteiger partial charge in [0.25, 0.3) is 0 Å². The second-order valence-corrected chi connectivity index (χ2v) is 3.68.